The summed E-state index contributed by atoms with van der Waals surface area (Å²) in [6.45, 7) is 10.0. The van der Waals surface area contributed by atoms with Gasteiger partial charge in [-0.3, -0.25) is 0 Å². The predicted octanol–water partition coefficient (Wildman–Crippen LogP) is 1.32. The zero-order valence-electron chi connectivity index (χ0n) is 11.6. The van der Waals surface area contributed by atoms with Gasteiger partial charge in [-0.2, -0.15) is 0 Å². The summed E-state index contributed by atoms with van der Waals surface area (Å²) in [5.74, 6) is 0.817. The van der Waals surface area contributed by atoms with Crippen molar-refractivity contribution in [3.05, 3.63) is 0 Å². The van der Waals surface area contributed by atoms with E-state index in [1.165, 1.54) is 19.5 Å². The van der Waals surface area contributed by atoms with Crippen LogP contribution in [0, 0.1) is 5.92 Å². The van der Waals surface area contributed by atoms with Crippen LogP contribution in [0.5, 0.6) is 0 Å². The smallest absolute Gasteiger partial charge is 0.158 e. The quantitative estimate of drug-likeness (QED) is 0.490. The molecule has 0 aromatic heterocycles. The molecule has 0 amide bonds. The van der Waals surface area contributed by atoms with Crippen LogP contribution in [0.2, 0.25) is 0 Å². The van der Waals surface area contributed by atoms with Crippen LogP contribution in [0.3, 0.4) is 0 Å². The Bertz CT molecular complexity index is 184. The number of hydrogen-bond donors (Lipinski definition) is 1. The first kappa shape index (κ1) is 14.9. The molecule has 0 radical (unpaired) electrons. The standard InChI is InChI=1S/C13H28N2O2/c1-4-16-13(17-5-2)6-8-14-10-12-7-9-15(3)11-12/h12-14H,4-11H2,1-3H3. The molecule has 0 bridgehead atoms. The molecule has 102 valence electrons. The van der Waals surface area contributed by atoms with Crippen molar-refractivity contribution in [2.24, 2.45) is 5.92 Å². The van der Waals surface area contributed by atoms with E-state index in [0.29, 0.717) is 0 Å². The van der Waals surface area contributed by atoms with Crippen molar-refractivity contribution in [1.82, 2.24) is 10.2 Å². The summed E-state index contributed by atoms with van der Waals surface area (Å²) in [5, 5.41) is 3.51. The fourth-order valence-electron chi connectivity index (χ4n) is 2.31. The number of nitrogens with one attached hydrogen (secondary N) is 1. The summed E-state index contributed by atoms with van der Waals surface area (Å²) in [7, 11) is 2.19. The fraction of sp³-hybridized carbons (Fsp3) is 1.00. The number of hydrogen-bond acceptors (Lipinski definition) is 4. The van der Waals surface area contributed by atoms with Crippen molar-refractivity contribution < 1.29 is 9.47 Å². The highest BCUT2D eigenvalue weighted by molar-refractivity contribution is 4.74. The van der Waals surface area contributed by atoms with Gasteiger partial charge in [-0.25, -0.2) is 0 Å². The molecule has 0 aromatic rings. The molecule has 17 heavy (non-hydrogen) atoms. The molecule has 1 fully saturated rings. The highest BCUT2D eigenvalue weighted by atomic mass is 16.7. The topological polar surface area (TPSA) is 33.7 Å². The molecule has 0 saturated carbocycles. The first-order valence-corrected chi connectivity index (χ1v) is 6.88. The molecule has 1 rings (SSSR count). The second kappa shape index (κ2) is 8.86. The van der Waals surface area contributed by atoms with Gasteiger partial charge in [0.25, 0.3) is 0 Å². The first-order chi connectivity index (χ1) is 8.26. The van der Waals surface area contributed by atoms with Gasteiger partial charge in [-0.15, -0.1) is 0 Å². The van der Waals surface area contributed by atoms with Crippen molar-refractivity contribution in [3.63, 3.8) is 0 Å². The van der Waals surface area contributed by atoms with Gasteiger partial charge < -0.3 is 19.7 Å². The second-order valence-corrected chi connectivity index (χ2v) is 4.75. The van der Waals surface area contributed by atoms with Crippen molar-refractivity contribution in [2.75, 3.05) is 46.4 Å². The molecule has 1 saturated heterocycles. The minimum atomic E-state index is -0.0382. The molecule has 4 nitrogen and oxygen atoms in total. The second-order valence-electron chi connectivity index (χ2n) is 4.75. The Morgan fingerprint density at radius 3 is 2.53 bits per heavy atom. The molecule has 0 spiro atoms. The van der Waals surface area contributed by atoms with E-state index in [4.69, 9.17) is 9.47 Å². The third-order valence-corrected chi connectivity index (χ3v) is 3.18. The van der Waals surface area contributed by atoms with Crippen LogP contribution >= 0.6 is 0 Å². The maximum absolute atomic E-state index is 5.50. The van der Waals surface area contributed by atoms with Gasteiger partial charge in [-0.1, -0.05) is 0 Å². The van der Waals surface area contributed by atoms with Crippen LogP contribution in [0.4, 0.5) is 0 Å². The van der Waals surface area contributed by atoms with Gasteiger partial charge in [0, 0.05) is 26.2 Å². The lowest BCUT2D eigenvalue weighted by atomic mass is 10.1. The Hall–Kier alpha value is -0.160. The van der Waals surface area contributed by atoms with Crippen LogP contribution in [-0.4, -0.2) is 57.6 Å². The van der Waals surface area contributed by atoms with Crippen LogP contribution in [-0.2, 0) is 9.47 Å². The summed E-state index contributed by atoms with van der Waals surface area (Å²) >= 11 is 0. The highest BCUT2D eigenvalue weighted by Crippen LogP contribution is 2.12. The summed E-state index contributed by atoms with van der Waals surface area (Å²) in [6, 6.07) is 0. The van der Waals surface area contributed by atoms with E-state index in [0.717, 1.165) is 38.6 Å². The average Bonchev–Trinajstić information content (AvgIpc) is 2.71. The lowest BCUT2D eigenvalue weighted by Crippen LogP contribution is -2.29. The summed E-state index contributed by atoms with van der Waals surface area (Å²) < 4.78 is 11.0. The first-order valence-electron chi connectivity index (χ1n) is 6.88. The highest BCUT2D eigenvalue weighted by Gasteiger charge is 2.18. The third kappa shape index (κ3) is 6.36. The number of rotatable bonds is 9. The Labute approximate surface area is 106 Å². The van der Waals surface area contributed by atoms with Gasteiger partial charge in [0.15, 0.2) is 6.29 Å². The van der Waals surface area contributed by atoms with E-state index in [1.54, 1.807) is 0 Å². The molecular formula is C13H28N2O2. The van der Waals surface area contributed by atoms with Crippen LogP contribution in [0.1, 0.15) is 26.7 Å². The Morgan fingerprint density at radius 2 is 2.00 bits per heavy atom. The van der Waals surface area contributed by atoms with Gasteiger partial charge in [0.05, 0.1) is 0 Å². The monoisotopic (exact) mass is 244 g/mol. The normalized spacial score (nSPS) is 21.5. The largest absolute Gasteiger partial charge is 0.353 e. The third-order valence-electron chi connectivity index (χ3n) is 3.18. The summed E-state index contributed by atoms with van der Waals surface area (Å²) in [4.78, 5) is 2.40. The van der Waals surface area contributed by atoms with Gasteiger partial charge in [0.1, 0.15) is 0 Å². The lowest BCUT2D eigenvalue weighted by molar-refractivity contribution is -0.138. The predicted molar refractivity (Wildman–Crippen MR) is 70.1 cm³/mol. The van der Waals surface area contributed by atoms with E-state index >= 15 is 0 Å². The number of ether oxygens (including phenoxy) is 2. The lowest BCUT2D eigenvalue weighted by Gasteiger charge is -2.18. The zero-order chi connectivity index (χ0) is 12.5. The van der Waals surface area contributed by atoms with E-state index in [-0.39, 0.29) is 6.29 Å². The Morgan fingerprint density at radius 1 is 1.29 bits per heavy atom. The number of nitrogens with zero attached hydrogens (tertiary/aromatic N) is 1. The molecule has 1 aliphatic rings. The van der Waals surface area contributed by atoms with Crippen molar-refractivity contribution in [1.29, 1.82) is 0 Å². The van der Waals surface area contributed by atoms with E-state index in [2.05, 4.69) is 17.3 Å². The Balaban J connectivity index is 2.01. The molecule has 0 aromatic carbocycles. The molecule has 0 aliphatic carbocycles. The summed E-state index contributed by atoms with van der Waals surface area (Å²) in [6.07, 6.45) is 2.22. The molecule has 4 heteroatoms. The van der Waals surface area contributed by atoms with Gasteiger partial charge >= 0.3 is 0 Å². The van der Waals surface area contributed by atoms with Crippen LogP contribution in [0.15, 0.2) is 0 Å². The minimum Gasteiger partial charge on any atom is -0.353 e. The van der Waals surface area contributed by atoms with Crippen LogP contribution < -0.4 is 5.32 Å². The van der Waals surface area contributed by atoms with Crippen molar-refractivity contribution in [2.45, 2.75) is 33.0 Å². The average molecular weight is 244 g/mol. The van der Waals surface area contributed by atoms with Gasteiger partial charge in [-0.05, 0) is 52.9 Å². The SMILES string of the molecule is CCOC(CCNCC1CCN(C)C1)OCC. The molecule has 1 heterocycles. The van der Waals surface area contributed by atoms with Crippen LogP contribution in [0.25, 0.3) is 0 Å². The molecule has 1 unspecified atom stereocenters. The summed E-state index contributed by atoms with van der Waals surface area (Å²) in [5.41, 5.74) is 0. The molecule has 1 atom stereocenters. The van der Waals surface area contributed by atoms with E-state index in [1.807, 2.05) is 13.8 Å². The number of likely N-dealkylation sites (tertiary alicyclic amines) is 1. The maximum Gasteiger partial charge on any atom is 0.158 e. The fourth-order valence-corrected chi connectivity index (χ4v) is 2.31. The zero-order valence-corrected chi connectivity index (χ0v) is 11.6. The Kier molecular flexibility index (Phi) is 7.77. The molecule has 1 aliphatic heterocycles. The van der Waals surface area contributed by atoms with Gasteiger partial charge in [0.2, 0.25) is 0 Å². The maximum atomic E-state index is 5.50. The van der Waals surface area contributed by atoms with Crippen molar-refractivity contribution >= 4 is 0 Å². The molecule has 1 N–H and O–H groups in total. The molecular weight excluding hydrogens is 216 g/mol. The minimum absolute atomic E-state index is 0.0382. The van der Waals surface area contributed by atoms with E-state index < -0.39 is 0 Å². The van der Waals surface area contributed by atoms with E-state index in [9.17, 15) is 0 Å². The van der Waals surface area contributed by atoms with Crippen molar-refractivity contribution in [3.8, 4) is 0 Å².